The number of nitrogens with one attached hydrogen (secondary N) is 2. The number of nitrogens with zero attached hydrogens (tertiary/aromatic N) is 2. The van der Waals surface area contributed by atoms with Gasteiger partial charge in [-0.25, -0.2) is 8.42 Å². The van der Waals surface area contributed by atoms with Crippen LogP contribution in [0.3, 0.4) is 0 Å². The Kier molecular flexibility index (Phi) is 5.83. The number of rotatable bonds is 7. The highest BCUT2D eigenvalue weighted by atomic mass is 32.2. The summed E-state index contributed by atoms with van der Waals surface area (Å²) in [7, 11) is -3.64. The van der Waals surface area contributed by atoms with Crippen molar-refractivity contribution in [2.75, 3.05) is 0 Å². The fourth-order valence-electron chi connectivity index (χ4n) is 3.08. The molecule has 0 saturated carbocycles. The van der Waals surface area contributed by atoms with Crippen LogP contribution in [0.5, 0.6) is 0 Å². The van der Waals surface area contributed by atoms with E-state index in [1.165, 1.54) is 6.07 Å². The van der Waals surface area contributed by atoms with Gasteiger partial charge in [-0.1, -0.05) is 37.1 Å². The number of fused-ring (bicyclic) bond motifs is 1. The van der Waals surface area contributed by atoms with E-state index in [2.05, 4.69) is 20.2 Å². The van der Waals surface area contributed by atoms with Crippen LogP contribution in [-0.2, 0) is 21.4 Å². The fraction of sp³-hybridized carbons (Fsp3) is 0.421. The molecule has 9 heteroatoms. The average molecular weight is 404 g/mol. The minimum absolute atomic E-state index is 0.180. The molecule has 0 saturated heterocycles. The third-order valence-corrected chi connectivity index (χ3v) is 6.10. The molecule has 2 aromatic rings. The predicted octanol–water partition coefficient (Wildman–Crippen LogP) is 2.21. The third kappa shape index (κ3) is 4.09. The number of hydrogen-bond acceptors (Lipinski definition) is 6. The predicted molar refractivity (Wildman–Crippen MR) is 104 cm³/mol. The van der Waals surface area contributed by atoms with Crippen LogP contribution in [0.2, 0.25) is 0 Å². The number of hydrogen-bond donors (Lipinski definition) is 2. The second-order valence-corrected chi connectivity index (χ2v) is 8.41. The number of amidine groups is 1. The summed E-state index contributed by atoms with van der Waals surface area (Å²) in [6.07, 6.45) is 2.23. The average Bonchev–Trinajstić information content (AvgIpc) is 3.12. The Morgan fingerprint density at radius 1 is 1.32 bits per heavy atom. The largest absolute Gasteiger partial charge is 0.361 e. The van der Waals surface area contributed by atoms with Crippen LogP contribution in [0.4, 0.5) is 0 Å². The van der Waals surface area contributed by atoms with E-state index in [1.807, 2.05) is 13.8 Å². The van der Waals surface area contributed by atoms with Gasteiger partial charge in [0.1, 0.15) is 17.6 Å². The number of aryl methyl sites for hydroxylation is 2. The maximum Gasteiger partial charge on any atom is 0.263 e. The molecule has 1 aromatic heterocycles. The molecule has 28 heavy (non-hydrogen) atoms. The van der Waals surface area contributed by atoms with Crippen LogP contribution in [0, 0.1) is 13.8 Å². The van der Waals surface area contributed by atoms with Gasteiger partial charge >= 0.3 is 0 Å². The van der Waals surface area contributed by atoms with E-state index in [9.17, 15) is 13.2 Å². The van der Waals surface area contributed by atoms with Gasteiger partial charge in [0, 0.05) is 17.7 Å². The molecule has 0 radical (unpaired) electrons. The number of amides is 1. The fourth-order valence-corrected chi connectivity index (χ4v) is 4.32. The molecule has 150 valence electrons. The molecule has 3 rings (SSSR count). The summed E-state index contributed by atoms with van der Waals surface area (Å²) < 4.78 is 32.1. The zero-order chi connectivity index (χ0) is 20.3. The second kappa shape index (κ2) is 8.14. The lowest BCUT2D eigenvalue weighted by Crippen LogP contribution is -2.35. The molecule has 1 aromatic carbocycles. The van der Waals surface area contributed by atoms with Gasteiger partial charge in [0.05, 0.1) is 10.6 Å². The summed E-state index contributed by atoms with van der Waals surface area (Å²) >= 11 is 0. The van der Waals surface area contributed by atoms with Crippen molar-refractivity contribution >= 4 is 21.8 Å². The maximum absolute atomic E-state index is 12.8. The van der Waals surface area contributed by atoms with Crippen molar-refractivity contribution in [3.63, 3.8) is 0 Å². The van der Waals surface area contributed by atoms with E-state index in [0.717, 1.165) is 24.1 Å². The number of carbonyl (C=O) groups excluding carboxylic acids is 1. The molecule has 1 aliphatic rings. The molecule has 1 atom stereocenters. The van der Waals surface area contributed by atoms with Crippen molar-refractivity contribution < 1.29 is 17.7 Å². The monoisotopic (exact) mass is 404 g/mol. The highest BCUT2D eigenvalue weighted by molar-refractivity contribution is 7.90. The lowest BCUT2D eigenvalue weighted by molar-refractivity contribution is -0.122. The Labute approximate surface area is 164 Å². The lowest BCUT2D eigenvalue weighted by Gasteiger charge is -2.14. The topological polar surface area (TPSA) is 114 Å². The van der Waals surface area contributed by atoms with Crippen LogP contribution < -0.4 is 10.0 Å². The van der Waals surface area contributed by atoms with Gasteiger partial charge in [-0.3, -0.25) is 14.5 Å². The van der Waals surface area contributed by atoms with Crippen LogP contribution >= 0.6 is 0 Å². The Hall–Kier alpha value is -2.68. The molecular weight excluding hydrogens is 380 g/mol. The first-order valence-electron chi connectivity index (χ1n) is 9.23. The summed E-state index contributed by atoms with van der Waals surface area (Å²) in [5, 5.41) is 6.75. The van der Waals surface area contributed by atoms with Gasteiger partial charge in [0.2, 0.25) is 5.91 Å². The highest BCUT2D eigenvalue weighted by Crippen LogP contribution is 2.23. The summed E-state index contributed by atoms with van der Waals surface area (Å²) in [6, 6.07) is 5.93. The minimum atomic E-state index is -3.64. The molecule has 0 fully saturated rings. The first-order valence-corrected chi connectivity index (χ1v) is 10.7. The second-order valence-electron chi connectivity index (χ2n) is 6.76. The van der Waals surface area contributed by atoms with Crippen molar-refractivity contribution in [1.29, 1.82) is 0 Å². The van der Waals surface area contributed by atoms with Crippen LogP contribution in [0.15, 0.2) is 38.7 Å². The molecular formula is C19H24N4O4S. The zero-order valence-corrected chi connectivity index (χ0v) is 17.0. The number of carbonyl (C=O) groups is 1. The summed E-state index contributed by atoms with van der Waals surface area (Å²) in [5.74, 6) is 0.612. The first kappa shape index (κ1) is 20.1. The van der Waals surface area contributed by atoms with Crippen molar-refractivity contribution in [1.82, 2.24) is 15.2 Å². The van der Waals surface area contributed by atoms with Gasteiger partial charge < -0.3 is 9.84 Å². The molecule has 8 nitrogen and oxygen atoms in total. The molecule has 0 aliphatic carbocycles. The smallest absolute Gasteiger partial charge is 0.263 e. The number of unbranched alkanes of at least 4 members (excludes halogenated alkanes) is 1. The van der Waals surface area contributed by atoms with E-state index in [-0.39, 0.29) is 23.2 Å². The van der Waals surface area contributed by atoms with Gasteiger partial charge in [-0.2, -0.15) is 0 Å². The van der Waals surface area contributed by atoms with Crippen LogP contribution in [0.1, 0.15) is 48.8 Å². The normalized spacial score (nSPS) is 17.2. The minimum Gasteiger partial charge on any atom is -0.361 e. The molecule has 1 aliphatic heterocycles. The summed E-state index contributed by atoms with van der Waals surface area (Å²) in [6.45, 7) is 5.92. The molecule has 1 amide bonds. The van der Waals surface area contributed by atoms with Crippen molar-refractivity contribution in [3.8, 4) is 0 Å². The van der Waals surface area contributed by atoms with E-state index in [4.69, 9.17) is 4.52 Å². The number of sulfonamides is 1. The van der Waals surface area contributed by atoms with Gasteiger partial charge in [-0.05, 0) is 32.4 Å². The van der Waals surface area contributed by atoms with Gasteiger partial charge in [0.15, 0.2) is 0 Å². The Morgan fingerprint density at radius 3 is 2.75 bits per heavy atom. The molecule has 2 heterocycles. The van der Waals surface area contributed by atoms with Crippen molar-refractivity contribution in [2.24, 2.45) is 4.99 Å². The van der Waals surface area contributed by atoms with E-state index in [0.29, 0.717) is 17.7 Å². The van der Waals surface area contributed by atoms with Crippen molar-refractivity contribution in [3.05, 3.63) is 46.8 Å². The van der Waals surface area contributed by atoms with Gasteiger partial charge in [-0.15, -0.1) is 0 Å². The SMILES string of the molecule is CCCCC(N=C1NS(=O)(=O)c2ccccc21)C(=O)NCc1c(C)noc1C. The Bertz CT molecular complexity index is 991. The summed E-state index contributed by atoms with van der Waals surface area (Å²) in [4.78, 5) is 17.4. The van der Waals surface area contributed by atoms with Crippen LogP contribution in [-0.4, -0.2) is 31.4 Å². The van der Waals surface area contributed by atoms with E-state index < -0.39 is 16.1 Å². The molecule has 2 N–H and O–H groups in total. The number of aromatic nitrogens is 1. The summed E-state index contributed by atoms with van der Waals surface area (Å²) in [5.41, 5.74) is 2.05. The van der Waals surface area contributed by atoms with Gasteiger partial charge in [0.25, 0.3) is 10.0 Å². The Balaban J connectivity index is 1.82. The molecule has 1 unspecified atom stereocenters. The quantitative estimate of drug-likeness (QED) is 0.734. The highest BCUT2D eigenvalue weighted by Gasteiger charge is 2.31. The first-order chi connectivity index (χ1) is 13.3. The van der Waals surface area contributed by atoms with Crippen molar-refractivity contribution in [2.45, 2.75) is 57.5 Å². The number of benzene rings is 1. The van der Waals surface area contributed by atoms with E-state index >= 15 is 0 Å². The Morgan fingerprint density at radius 2 is 2.07 bits per heavy atom. The van der Waals surface area contributed by atoms with Crippen LogP contribution in [0.25, 0.3) is 0 Å². The lowest BCUT2D eigenvalue weighted by atomic mass is 10.1. The van der Waals surface area contributed by atoms with E-state index in [1.54, 1.807) is 25.1 Å². The zero-order valence-electron chi connectivity index (χ0n) is 16.2. The molecule has 0 spiro atoms. The molecule has 0 bridgehead atoms. The standard InChI is InChI=1S/C19H24N4O4S/c1-4-5-9-16(19(24)20-11-15-12(2)22-27-13(15)3)21-18-14-8-6-7-10-17(14)28(25,26)23-18/h6-8,10,16H,4-5,9,11H2,1-3H3,(H,20,24)(H,21,23). The number of aliphatic imine (C=N–C) groups is 1. The third-order valence-electron chi connectivity index (χ3n) is 4.70. The maximum atomic E-state index is 12.8.